The third kappa shape index (κ3) is 0.756. The minimum atomic E-state index is 0.166. The molecule has 0 aliphatic carbocycles. The van der Waals surface area contributed by atoms with E-state index in [-0.39, 0.29) is 5.75 Å². The Morgan fingerprint density at radius 1 is 1.45 bits per heavy atom. The molecule has 0 fully saturated rings. The number of fused-ring (bicyclic) bond motifs is 1. The van der Waals surface area contributed by atoms with Crippen LogP contribution in [0.4, 0.5) is 0 Å². The van der Waals surface area contributed by atoms with Crippen LogP contribution in [0.15, 0.2) is 12.4 Å². The van der Waals surface area contributed by atoms with E-state index in [0.29, 0.717) is 0 Å². The minimum Gasteiger partial charge on any atom is -0.506 e. The molecular weight excluding hydrogens is 142 g/mol. The zero-order chi connectivity index (χ0) is 7.84. The van der Waals surface area contributed by atoms with Gasteiger partial charge in [-0.25, -0.2) is 0 Å². The molecule has 2 aromatic rings. The van der Waals surface area contributed by atoms with Crippen LogP contribution in [0, 0.1) is 6.92 Å². The molecule has 0 radical (unpaired) electrons. The number of rotatable bonds is 0. The van der Waals surface area contributed by atoms with E-state index in [9.17, 15) is 5.11 Å². The third-order valence-corrected chi connectivity index (χ3v) is 1.66. The van der Waals surface area contributed by atoms with Gasteiger partial charge in [0.15, 0.2) is 0 Å². The van der Waals surface area contributed by atoms with Crippen molar-refractivity contribution < 1.29 is 5.11 Å². The average molecular weight is 149 g/mol. The first-order valence-corrected chi connectivity index (χ1v) is 3.26. The molecular formula is C7H7N3O. The summed E-state index contributed by atoms with van der Waals surface area (Å²) in [7, 11) is 0. The lowest BCUT2D eigenvalue weighted by Gasteiger charge is -1.95. The zero-order valence-corrected chi connectivity index (χ0v) is 6.00. The molecule has 2 rings (SSSR count). The molecule has 0 unspecified atom stereocenters. The van der Waals surface area contributed by atoms with Crippen molar-refractivity contribution in [3.8, 4) is 5.75 Å². The van der Waals surface area contributed by atoms with Crippen molar-refractivity contribution in [3.63, 3.8) is 0 Å². The number of aryl methyl sites for hydroxylation is 1. The van der Waals surface area contributed by atoms with E-state index < -0.39 is 0 Å². The van der Waals surface area contributed by atoms with Gasteiger partial charge in [-0.1, -0.05) is 0 Å². The highest BCUT2D eigenvalue weighted by atomic mass is 16.3. The third-order valence-electron chi connectivity index (χ3n) is 1.66. The van der Waals surface area contributed by atoms with E-state index in [0.717, 1.165) is 16.6 Å². The zero-order valence-electron chi connectivity index (χ0n) is 6.00. The first-order chi connectivity index (χ1) is 5.29. The normalized spacial score (nSPS) is 10.6. The lowest BCUT2D eigenvalue weighted by atomic mass is 10.2. The number of aromatic hydroxyl groups is 1. The van der Waals surface area contributed by atoms with E-state index in [1.54, 1.807) is 6.20 Å². The number of aromatic nitrogens is 3. The van der Waals surface area contributed by atoms with E-state index >= 15 is 0 Å². The Kier molecular flexibility index (Phi) is 1.09. The highest BCUT2D eigenvalue weighted by Gasteiger charge is 2.03. The summed E-state index contributed by atoms with van der Waals surface area (Å²) in [5, 5.41) is 16.5. The molecule has 0 aromatic carbocycles. The highest BCUT2D eigenvalue weighted by molar-refractivity contribution is 5.85. The van der Waals surface area contributed by atoms with Crippen molar-refractivity contribution in [1.82, 2.24) is 15.2 Å². The Bertz CT molecular complexity index is 357. The molecule has 0 aliphatic rings. The Labute approximate surface area is 62.9 Å². The van der Waals surface area contributed by atoms with Crippen LogP contribution in [0.1, 0.15) is 5.69 Å². The molecule has 0 aliphatic heterocycles. The average Bonchev–Trinajstić information content (AvgIpc) is 2.45. The van der Waals surface area contributed by atoms with Gasteiger partial charge in [0.1, 0.15) is 5.75 Å². The summed E-state index contributed by atoms with van der Waals surface area (Å²) in [5.41, 5.74) is 1.64. The number of nitrogens with zero attached hydrogens (tertiary/aromatic N) is 2. The molecule has 2 N–H and O–H groups in total. The van der Waals surface area contributed by atoms with Crippen LogP contribution in [-0.4, -0.2) is 20.3 Å². The van der Waals surface area contributed by atoms with Gasteiger partial charge in [0, 0.05) is 0 Å². The minimum absolute atomic E-state index is 0.166. The van der Waals surface area contributed by atoms with Crippen molar-refractivity contribution >= 4 is 10.9 Å². The molecule has 11 heavy (non-hydrogen) atoms. The van der Waals surface area contributed by atoms with Gasteiger partial charge in [0.05, 0.1) is 29.0 Å². The number of hydrogen-bond acceptors (Lipinski definition) is 3. The summed E-state index contributed by atoms with van der Waals surface area (Å²) >= 11 is 0. The molecule has 2 heterocycles. The van der Waals surface area contributed by atoms with Crippen LogP contribution in [0.5, 0.6) is 5.75 Å². The number of H-pyrrole nitrogens is 1. The predicted molar refractivity (Wildman–Crippen MR) is 40.3 cm³/mol. The largest absolute Gasteiger partial charge is 0.506 e. The molecule has 0 amide bonds. The topological polar surface area (TPSA) is 61.8 Å². The van der Waals surface area contributed by atoms with Crippen LogP contribution in [0.2, 0.25) is 0 Å². The Balaban J connectivity index is 2.96. The van der Waals surface area contributed by atoms with Gasteiger partial charge >= 0.3 is 0 Å². The maximum absolute atomic E-state index is 9.26. The summed E-state index contributed by atoms with van der Waals surface area (Å²) in [6.07, 6.45) is 3.01. The Morgan fingerprint density at radius 3 is 3.00 bits per heavy atom. The van der Waals surface area contributed by atoms with Crippen LogP contribution in [-0.2, 0) is 0 Å². The van der Waals surface area contributed by atoms with Gasteiger partial charge in [-0.2, -0.15) is 5.10 Å². The standard InChI is InChI=1S/C7H7N3O/c1-4-7-5(2-9-10-7)6(11)3-8-4/h2-3,11H,1H3,(H,9,10). The smallest absolute Gasteiger partial charge is 0.144 e. The monoisotopic (exact) mass is 149 g/mol. The quantitative estimate of drug-likeness (QED) is 0.586. The van der Waals surface area contributed by atoms with Crippen molar-refractivity contribution in [3.05, 3.63) is 18.1 Å². The van der Waals surface area contributed by atoms with Crippen molar-refractivity contribution in [2.45, 2.75) is 6.92 Å². The summed E-state index contributed by atoms with van der Waals surface area (Å²) in [5.74, 6) is 0.166. The molecule has 0 atom stereocenters. The molecule has 0 bridgehead atoms. The SMILES string of the molecule is Cc1ncc(O)c2cn[nH]c12. The second-order valence-electron chi connectivity index (χ2n) is 2.39. The second-order valence-corrected chi connectivity index (χ2v) is 2.39. The number of aromatic amines is 1. The van der Waals surface area contributed by atoms with Gasteiger partial charge < -0.3 is 5.11 Å². The van der Waals surface area contributed by atoms with Crippen LogP contribution in [0.25, 0.3) is 10.9 Å². The second kappa shape index (κ2) is 1.95. The van der Waals surface area contributed by atoms with Crippen LogP contribution >= 0.6 is 0 Å². The van der Waals surface area contributed by atoms with E-state index in [1.807, 2.05) is 6.92 Å². The number of hydrogen-bond donors (Lipinski definition) is 2. The Hall–Kier alpha value is -1.58. The predicted octanol–water partition coefficient (Wildman–Crippen LogP) is 0.972. The molecule has 0 saturated heterocycles. The highest BCUT2D eigenvalue weighted by Crippen LogP contribution is 2.22. The molecule has 0 spiro atoms. The van der Waals surface area contributed by atoms with Gasteiger partial charge in [-0.05, 0) is 6.92 Å². The van der Waals surface area contributed by atoms with E-state index in [4.69, 9.17) is 0 Å². The Morgan fingerprint density at radius 2 is 2.27 bits per heavy atom. The summed E-state index contributed by atoms with van der Waals surface area (Å²) in [6, 6.07) is 0. The van der Waals surface area contributed by atoms with Crippen LogP contribution in [0.3, 0.4) is 0 Å². The summed E-state index contributed by atoms with van der Waals surface area (Å²) < 4.78 is 0. The summed E-state index contributed by atoms with van der Waals surface area (Å²) in [4.78, 5) is 3.96. The van der Waals surface area contributed by atoms with Gasteiger partial charge in [0.25, 0.3) is 0 Å². The molecule has 2 aromatic heterocycles. The summed E-state index contributed by atoms with van der Waals surface area (Å²) in [6.45, 7) is 1.86. The molecule has 4 heteroatoms. The molecule has 0 saturated carbocycles. The maximum Gasteiger partial charge on any atom is 0.144 e. The van der Waals surface area contributed by atoms with Crippen molar-refractivity contribution in [1.29, 1.82) is 0 Å². The fourth-order valence-electron chi connectivity index (χ4n) is 1.05. The fourth-order valence-corrected chi connectivity index (χ4v) is 1.05. The lowest BCUT2D eigenvalue weighted by Crippen LogP contribution is -1.81. The first-order valence-electron chi connectivity index (χ1n) is 3.26. The van der Waals surface area contributed by atoms with E-state index in [2.05, 4.69) is 15.2 Å². The number of pyridine rings is 1. The first kappa shape index (κ1) is 6.15. The number of nitrogens with one attached hydrogen (secondary N) is 1. The lowest BCUT2D eigenvalue weighted by molar-refractivity contribution is 0.479. The molecule has 4 nitrogen and oxygen atoms in total. The maximum atomic E-state index is 9.26. The van der Waals surface area contributed by atoms with Crippen LogP contribution < -0.4 is 0 Å². The van der Waals surface area contributed by atoms with Crippen molar-refractivity contribution in [2.75, 3.05) is 0 Å². The van der Waals surface area contributed by atoms with E-state index in [1.165, 1.54) is 6.20 Å². The van der Waals surface area contributed by atoms with Gasteiger partial charge in [-0.3, -0.25) is 10.1 Å². The molecule has 56 valence electrons. The van der Waals surface area contributed by atoms with Gasteiger partial charge in [-0.15, -0.1) is 0 Å². The van der Waals surface area contributed by atoms with Crippen molar-refractivity contribution in [2.24, 2.45) is 0 Å². The van der Waals surface area contributed by atoms with Gasteiger partial charge in [0.2, 0.25) is 0 Å². The fraction of sp³-hybridized carbons (Fsp3) is 0.143.